The van der Waals surface area contributed by atoms with Crippen LogP contribution in [-0.2, 0) is 5.41 Å². The van der Waals surface area contributed by atoms with Crippen LogP contribution in [0.15, 0.2) is 217 Å². The number of benzene rings is 9. The Morgan fingerprint density at radius 3 is 1.66 bits per heavy atom. The molecule has 0 radical (unpaired) electrons. The van der Waals surface area contributed by atoms with Crippen LogP contribution in [-0.4, -0.2) is 0 Å². The van der Waals surface area contributed by atoms with Crippen LogP contribution in [0, 0.1) is 0 Å². The first kappa shape index (κ1) is 34.8. The number of rotatable bonds is 7. The molecule has 11 rings (SSSR count). The summed E-state index contributed by atoms with van der Waals surface area (Å²) >= 11 is 0. The molecule has 0 amide bonds. The molecule has 0 saturated carbocycles. The van der Waals surface area contributed by atoms with E-state index in [1.165, 1.54) is 61.3 Å². The van der Waals surface area contributed by atoms with Crippen LogP contribution in [0.5, 0.6) is 0 Å². The molecule has 10 aromatic rings. The van der Waals surface area contributed by atoms with Gasteiger partial charge in [0, 0.05) is 27.4 Å². The van der Waals surface area contributed by atoms with Crippen molar-refractivity contribution in [2.75, 3.05) is 4.90 Å². The first-order chi connectivity index (χ1) is 29.1. The number of para-hydroxylation sites is 1. The van der Waals surface area contributed by atoms with Gasteiger partial charge in [0.25, 0.3) is 0 Å². The van der Waals surface area contributed by atoms with E-state index < -0.39 is 0 Å². The summed E-state index contributed by atoms with van der Waals surface area (Å²) < 4.78 is 6.32. The van der Waals surface area contributed by atoms with Gasteiger partial charge in [0.2, 0.25) is 0 Å². The van der Waals surface area contributed by atoms with Crippen LogP contribution in [0.4, 0.5) is 17.1 Å². The van der Waals surface area contributed by atoms with E-state index in [1.807, 2.05) is 6.07 Å². The largest absolute Gasteiger partial charge is 0.456 e. The molecule has 0 unspecified atom stereocenters. The molecule has 0 fully saturated rings. The Bertz CT molecular complexity index is 3170. The molecule has 1 aliphatic rings. The van der Waals surface area contributed by atoms with Crippen LogP contribution in [0.25, 0.3) is 77.6 Å². The van der Waals surface area contributed by atoms with E-state index in [-0.39, 0.29) is 5.41 Å². The van der Waals surface area contributed by atoms with E-state index >= 15 is 0 Å². The Morgan fingerprint density at radius 2 is 0.898 bits per heavy atom. The van der Waals surface area contributed by atoms with E-state index in [9.17, 15) is 0 Å². The van der Waals surface area contributed by atoms with Gasteiger partial charge in [0.15, 0.2) is 0 Å². The average Bonchev–Trinajstić information content (AvgIpc) is 3.80. The highest BCUT2D eigenvalue weighted by Gasteiger charge is 2.39. The molecule has 0 saturated heterocycles. The van der Waals surface area contributed by atoms with E-state index in [0.717, 1.165) is 44.4 Å². The molecule has 59 heavy (non-hydrogen) atoms. The molecule has 0 N–H and O–H groups in total. The highest BCUT2D eigenvalue weighted by atomic mass is 16.3. The highest BCUT2D eigenvalue weighted by Crippen LogP contribution is 2.56. The molecular formula is C57H41NO. The van der Waals surface area contributed by atoms with Gasteiger partial charge < -0.3 is 9.32 Å². The number of furan rings is 1. The quantitative estimate of drug-likeness (QED) is 0.161. The van der Waals surface area contributed by atoms with Gasteiger partial charge in [0.1, 0.15) is 11.2 Å². The van der Waals surface area contributed by atoms with E-state index in [4.69, 9.17) is 4.42 Å². The highest BCUT2D eigenvalue weighted by molar-refractivity contribution is 6.12. The van der Waals surface area contributed by atoms with Gasteiger partial charge in [-0.15, -0.1) is 0 Å². The first-order valence-electron chi connectivity index (χ1n) is 20.4. The minimum Gasteiger partial charge on any atom is -0.456 e. The minimum atomic E-state index is -0.238. The van der Waals surface area contributed by atoms with Crippen molar-refractivity contribution in [2.24, 2.45) is 0 Å². The van der Waals surface area contributed by atoms with Crippen molar-refractivity contribution in [3.63, 3.8) is 0 Å². The molecule has 9 aromatic carbocycles. The van der Waals surface area contributed by atoms with Gasteiger partial charge in [-0.3, -0.25) is 0 Å². The summed E-state index contributed by atoms with van der Waals surface area (Å²) in [6.07, 6.45) is 0. The van der Waals surface area contributed by atoms with Crippen molar-refractivity contribution in [1.29, 1.82) is 0 Å². The summed E-state index contributed by atoms with van der Waals surface area (Å²) in [5, 5.41) is 2.27. The van der Waals surface area contributed by atoms with Crippen molar-refractivity contribution in [3.05, 3.63) is 223 Å². The van der Waals surface area contributed by atoms with Crippen LogP contribution in [0.3, 0.4) is 0 Å². The maximum Gasteiger partial charge on any atom is 0.136 e. The van der Waals surface area contributed by atoms with Gasteiger partial charge in [-0.25, -0.2) is 0 Å². The second-order valence-corrected chi connectivity index (χ2v) is 16.0. The van der Waals surface area contributed by atoms with Crippen molar-refractivity contribution in [3.8, 4) is 55.6 Å². The Labute approximate surface area is 345 Å². The summed E-state index contributed by atoms with van der Waals surface area (Å²) in [4.78, 5) is 2.52. The standard InChI is InChI=1S/C57H41NO/c1-57(2)49-29-13-11-23-45(49)47-28-16-31-51(56(47)57)58(41-36-34-40(35-37-41)44-27-17-33-53-55(44)48-25-12-14-32-52(48)59-53)50-30-15-26-43(39-20-7-4-8-21-39)54(50)46-24-10-9-22-42(46)38-18-5-3-6-19-38/h3-37H,1-2H3. The maximum atomic E-state index is 6.32. The van der Waals surface area contributed by atoms with Gasteiger partial charge >= 0.3 is 0 Å². The lowest BCUT2D eigenvalue weighted by Gasteiger charge is -2.34. The average molecular weight is 756 g/mol. The molecule has 1 aromatic heterocycles. The Morgan fingerprint density at radius 1 is 0.373 bits per heavy atom. The third kappa shape index (κ3) is 5.63. The van der Waals surface area contributed by atoms with Gasteiger partial charge in [-0.1, -0.05) is 190 Å². The zero-order chi connectivity index (χ0) is 39.5. The molecule has 1 aliphatic carbocycles. The number of nitrogens with zero attached hydrogens (tertiary/aromatic N) is 1. The third-order valence-electron chi connectivity index (χ3n) is 12.3. The van der Waals surface area contributed by atoms with Crippen LogP contribution in [0.1, 0.15) is 25.0 Å². The second-order valence-electron chi connectivity index (χ2n) is 16.0. The van der Waals surface area contributed by atoms with E-state index in [0.29, 0.717) is 0 Å². The predicted octanol–water partition coefficient (Wildman–Crippen LogP) is 16.0. The van der Waals surface area contributed by atoms with Gasteiger partial charge in [-0.2, -0.15) is 0 Å². The second kappa shape index (κ2) is 13.9. The van der Waals surface area contributed by atoms with Crippen molar-refractivity contribution >= 4 is 39.0 Å². The fourth-order valence-corrected chi connectivity index (χ4v) is 9.66. The van der Waals surface area contributed by atoms with Crippen molar-refractivity contribution in [1.82, 2.24) is 0 Å². The number of fused-ring (bicyclic) bond motifs is 6. The molecule has 0 spiro atoms. The predicted molar refractivity (Wildman–Crippen MR) is 248 cm³/mol. The van der Waals surface area contributed by atoms with Crippen LogP contribution in [0.2, 0.25) is 0 Å². The van der Waals surface area contributed by atoms with Gasteiger partial charge in [0.05, 0.1) is 11.4 Å². The van der Waals surface area contributed by atoms with Crippen LogP contribution < -0.4 is 4.90 Å². The van der Waals surface area contributed by atoms with E-state index in [2.05, 4.69) is 225 Å². The normalized spacial score (nSPS) is 12.7. The Kier molecular flexibility index (Phi) is 8.20. The molecular weight excluding hydrogens is 715 g/mol. The number of hydrogen-bond donors (Lipinski definition) is 0. The molecule has 0 atom stereocenters. The summed E-state index contributed by atoms with van der Waals surface area (Å²) in [7, 11) is 0. The summed E-state index contributed by atoms with van der Waals surface area (Å²) in [6, 6.07) is 76.9. The molecule has 0 aliphatic heterocycles. The Balaban J connectivity index is 1.19. The maximum absolute atomic E-state index is 6.32. The summed E-state index contributed by atoms with van der Waals surface area (Å²) in [6.45, 7) is 4.76. The monoisotopic (exact) mass is 755 g/mol. The smallest absolute Gasteiger partial charge is 0.136 e. The van der Waals surface area contributed by atoms with Crippen LogP contribution >= 0.6 is 0 Å². The third-order valence-corrected chi connectivity index (χ3v) is 12.3. The fraction of sp³-hybridized carbons (Fsp3) is 0.0526. The van der Waals surface area contributed by atoms with Crippen molar-refractivity contribution in [2.45, 2.75) is 19.3 Å². The molecule has 1 heterocycles. The summed E-state index contributed by atoms with van der Waals surface area (Å²) in [5.74, 6) is 0. The Hall–Kier alpha value is -7.42. The summed E-state index contributed by atoms with van der Waals surface area (Å²) in [5.41, 5.74) is 19.6. The zero-order valence-electron chi connectivity index (χ0n) is 33.1. The van der Waals surface area contributed by atoms with E-state index in [1.54, 1.807) is 0 Å². The SMILES string of the molecule is CC1(C)c2ccccc2-c2cccc(N(c3ccc(-c4cccc5oc6ccccc6c45)cc3)c3cccc(-c4ccccc4)c3-c3ccccc3-c3ccccc3)c21. The van der Waals surface area contributed by atoms with Crippen molar-refractivity contribution < 1.29 is 4.42 Å². The zero-order valence-corrected chi connectivity index (χ0v) is 33.1. The minimum absolute atomic E-state index is 0.238. The first-order valence-corrected chi connectivity index (χ1v) is 20.4. The van der Waals surface area contributed by atoms with Gasteiger partial charge in [-0.05, 0) is 97.6 Å². The lowest BCUT2D eigenvalue weighted by atomic mass is 9.81. The topological polar surface area (TPSA) is 16.4 Å². The molecule has 280 valence electrons. The number of anilines is 3. The number of hydrogen-bond acceptors (Lipinski definition) is 2. The molecule has 0 bridgehead atoms. The molecule has 2 heteroatoms. The lowest BCUT2D eigenvalue weighted by Crippen LogP contribution is -2.21. The fourth-order valence-electron chi connectivity index (χ4n) is 9.66. The lowest BCUT2D eigenvalue weighted by molar-refractivity contribution is 0.661. The molecule has 2 nitrogen and oxygen atoms in total.